The maximum atomic E-state index is 3.71. The van der Waals surface area contributed by atoms with E-state index in [0.29, 0.717) is 0 Å². The maximum Gasteiger partial charge on any atom is 0.00670 e. The van der Waals surface area contributed by atoms with Crippen LogP contribution >= 0.6 is 11.8 Å². The molecule has 1 N–H and O–H groups in total. The van der Waals surface area contributed by atoms with Crippen molar-refractivity contribution in [3.05, 3.63) is 0 Å². The normalized spacial score (nSPS) is 20.2. The summed E-state index contributed by atoms with van der Waals surface area (Å²) in [5.41, 5.74) is 0. The Morgan fingerprint density at radius 1 is 1.12 bits per heavy atom. The predicted octanol–water partition coefficient (Wildman–Crippen LogP) is 4.08. The van der Waals surface area contributed by atoms with Gasteiger partial charge in [0, 0.05) is 11.3 Å². The van der Waals surface area contributed by atoms with E-state index in [1.165, 1.54) is 50.8 Å². The first kappa shape index (κ1) is 14.4. The van der Waals surface area contributed by atoms with Crippen molar-refractivity contribution in [1.29, 1.82) is 0 Å². The molecule has 0 radical (unpaired) electrons. The Bertz CT molecular complexity index is 164. The summed E-state index contributed by atoms with van der Waals surface area (Å²) in [5, 5.41) is 4.53. The SMILES string of the molecule is CC(C)C(C)SCCCNC1CCCCC1. The molecule has 0 bridgehead atoms. The lowest BCUT2D eigenvalue weighted by atomic mass is 9.95. The molecule has 0 aromatic rings. The van der Waals surface area contributed by atoms with Crippen molar-refractivity contribution in [2.75, 3.05) is 12.3 Å². The van der Waals surface area contributed by atoms with Gasteiger partial charge in [-0.1, -0.05) is 40.0 Å². The van der Waals surface area contributed by atoms with Crippen LogP contribution in [0.25, 0.3) is 0 Å². The van der Waals surface area contributed by atoms with Crippen LogP contribution in [0.3, 0.4) is 0 Å². The quantitative estimate of drug-likeness (QED) is 0.676. The lowest BCUT2D eigenvalue weighted by molar-refractivity contribution is 0.374. The molecule has 96 valence electrons. The first-order valence-corrected chi connectivity index (χ1v) is 8.10. The molecule has 1 rings (SSSR count). The fourth-order valence-corrected chi connectivity index (χ4v) is 3.21. The minimum Gasteiger partial charge on any atom is -0.314 e. The zero-order valence-corrected chi connectivity index (χ0v) is 12.1. The summed E-state index contributed by atoms with van der Waals surface area (Å²) in [6.07, 6.45) is 8.50. The van der Waals surface area contributed by atoms with Crippen LogP contribution in [0, 0.1) is 5.92 Å². The van der Waals surface area contributed by atoms with E-state index in [9.17, 15) is 0 Å². The summed E-state index contributed by atoms with van der Waals surface area (Å²) in [4.78, 5) is 0. The van der Waals surface area contributed by atoms with Gasteiger partial charge in [0.2, 0.25) is 0 Å². The van der Waals surface area contributed by atoms with E-state index in [-0.39, 0.29) is 0 Å². The van der Waals surface area contributed by atoms with E-state index in [2.05, 4.69) is 37.8 Å². The number of hydrogen-bond donors (Lipinski definition) is 1. The molecular weight excluding hydrogens is 214 g/mol. The zero-order valence-electron chi connectivity index (χ0n) is 11.3. The molecular formula is C14H29NS. The first-order chi connectivity index (χ1) is 7.70. The molecule has 0 aliphatic heterocycles. The minimum absolute atomic E-state index is 0.815. The van der Waals surface area contributed by atoms with Gasteiger partial charge in [0.15, 0.2) is 0 Å². The molecule has 0 saturated heterocycles. The number of thioether (sulfide) groups is 1. The average Bonchev–Trinajstić information content (AvgIpc) is 2.29. The summed E-state index contributed by atoms with van der Waals surface area (Å²) >= 11 is 2.13. The lowest BCUT2D eigenvalue weighted by Crippen LogP contribution is -2.32. The number of rotatable bonds is 7. The molecule has 1 atom stereocenters. The monoisotopic (exact) mass is 243 g/mol. The topological polar surface area (TPSA) is 12.0 Å². The van der Waals surface area contributed by atoms with E-state index in [4.69, 9.17) is 0 Å². The van der Waals surface area contributed by atoms with Gasteiger partial charge in [-0.05, 0) is 37.5 Å². The summed E-state index contributed by atoms with van der Waals surface area (Å²) in [6.45, 7) is 8.21. The standard InChI is InChI=1S/C14H29NS/c1-12(2)13(3)16-11-7-10-15-14-8-5-4-6-9-14/h12-15H,4-11H2,1-3H3. The van der Waals surface area contributed by atoms with Crippen LogP contribution in [0.5, 0.6) is 0 Å². The van der Waals surface area contributed by atoms with Crippen LogP contribution < -0.4 is 5.32 Å². The summed E-state index contributed by atoms with van der Waals surface area (Å²) in [5.74, 6) is 2.13. The molecule has 1 saturated carbocycles. The summed E-state index contributed by atoms with van der Waals surface area (Å²) < 4.78 is 0. The van der Waals surface area contributed by atoms with Crippen molar-refractivity contribution in [2.24, 2.45) is 5.92 Å². The van der Waals surface area contributed by atoms with Gasteiger partial charge in [-0.25, -0.2) is 0 Å². The minimum atomic E-state index is 0.815. The van der Waals surface area contributed by atoms with Crippen LogP contribution in [-0.2, 0) is 0 Å². The third kappa shape index (κ3) is 6.15. The molecule has 0 amide bonds. The van der Waals surface area contributed by atoms with E-state index < -0.39 is 0 Å². The molecule has 1 nitrogen and oxygen atoms in total. The molecule has 0 heterocycles. The van der Waals surface area contributed by atoms with Gasteiger partial charge in [0.05, 0.1) is 0 Å². The Morgan fingerprint density at radius 2 is 1.81 bits per heavy atom. The predicted molar refractivity (Wildman–Crippen MR) is 76.3 cm³/mol. The Hall–Kier alpha value is 0.310. The highest BCUT2D eigenvalue weighted by Gasteiger charge is 2.12. The first-order valence-electron chi connectivity index (χ1n) is 7.05. The molecule has 1 aliphatic carbocycles. The second-order valence-electron chi connectivity index (χ2n) is 5.46. The molecule has 0 spiro atoms. The molecule has 2 heteroatoms. The van der Waals surface area contributed by atoms with Crippen LogP contribution in [0.4, 0.5) is 0 Å². The van der Waals surface area contributed by atoms with E-state index in [0.717, 1.165) is 17.2 Å². The fraction of sp³-hybridized carbons (Fsp3) is 1.00. The van der Waals surface area contributed by atoms with Crippen molar-refractivity contribution in [3.63, 3.8) is 0 Å². The lowest BCUT2D eigenvalue weighted by Gasteiger charge is -2.23. The Morgan fingerprint density at radius 3 is 2.44 bits per heavy atom. The van der Waals surface area contributed by atoms with Gasteiger partial charge >= 0.3 is 0 Å². The molecule has 1 unspecified atom stereocenters. The highest BCUT2D eigenvalue weighted by atomic mass is 32.2. The van der Waals surface area contributed by atoms with Crippen molar-refractivity contribution in [2.45, 2.75) is 70.6 Å². The van der Waals surface area contributed by atoms with Gasteiger partial charge in [-0.3, -0.25) is 0 Å². The molecule has 1 fully saturated rings. The molecule has 0 aromatic heterocycles. The van der Waals surface area contributed by atoms with Gasteiger partial charge in [-0.2, -0.15) is 11.8 Å². The van der Waals surface area contributed by atoms with Crippen LogP contribution in [0.15, 0.2) is 0 Å². The second kappa shape index (κ2) is 8.41. The van der Waals surface area contributed by atoms with Crippen molar-refractivity contribution < 1.29 is 0 Å². The highest BCUT2D eigenvalue weighted by molar-refractivity contribution is 7.99. The van der Waals surface area contributed by atoms with Gasteiger partial charge in [0.25, 0.3) is 0 Å². The van der Waals surface area contributed by atoms with Gasteiger partial charge in [-0.15, -0.1) is 0 Å². The van der Waals surface area contributed by atoms with Gasteiger partial charge < -0.3 is 5.32 Å². The summed E-state index contributed by atoms with van der Waals surface area (Å²) in [6, 6.07) is 0.835. The van der Waals surface area contributed by atoms with Crippen LogP contribution in [0.1, 0.15) is 59.3 Å². The number of hydrogen-bond acceptors (Lipinski definition) is 2. The fourth-order valence-electron chi connectivity index (χ4n) is 2.15. The van der Waals surface area contributed by atoms with E-state index in [1.54, 1.807) is 0 Å². The third-order valence-corrected chi connectivity index (χ3v) is 5.27. The van der Waals surface area contributed by atoms with Crippen molar-refractivity contribution in [3.8, 4) is 0 Å². The molecule has 16 heavy (non-hydrogen) atoms. The molecule has 0 aromatic carbocycles. The van der Waals surface area contributed by atoms with Gasteiger partial charge in [0.1, 0.15) is 0 Å². The molecule has 1 aliphatic rings. The van der Waals surface area contributed by atoms with E-state index in [1.807, 2.05) is 0 Å². The number of nitrogens with one attached hydrogen (secondary N) is 1. The largest absolute Gasteiger partial charge is 0.314 e. The zero-order chi connectivity index (χ0) is 11.8. The van der Waals surface area contributed by atoms with Crippen molar-refractivity contribution in [1.82, 2.24) is 5.32 Å². The maximum absolute atomic E-state index is 3.71. The van der Waals surface area contributed by atoms with E-state index >= 15 is 0 Å². The third-order valence-electron chi connectivity index (χ3n) is 3.68. The summed E-state index contributed by atoms with van der Waals surface area (Å²) in [7, 11) is 0. The van der Waals surface area contributed by atoms with Crippen molar-refractivity contribution >= 4 is 11.8 Å². The average molecular weight is 243 g/mol. The Balaban J connectivity index is 1.91. The van der Waals surface area contributed by atoms with Crippen LogP contribution in [-0.4, -0.2) is 23.6 Å². The highest BCUT2D eigenvalue weighted by Crippen LogP contribution is 2.20. The second-order valence-corrected chi connectivity index (χ2v) is 6.95. The van der Waals surface area contributed by atoms with Crippen LogP contribution in [0.2, 0.25) is 0 Å². The smallest absolute Gasteiger partial charge is 0.00670 e. The Kier molecular flexibility index (Phi) is 7.55. The Labute approximate surface area is 106 Å².